The molecule has 0 radical (unpaired) electrons. The van der Waals surface area contributed by atoms with Crippen LogP contribution in [0.3, 0.4) is 0 Å². The molecule has 0 aromatic carbocycles. The van der Waals surface area contributed by atoms with Crippen LogP contribution in [0.25, 0.3) is 0 Å². The maximum absolute atomic E-state index is 10.9. The van der Waals surface area contributed by atoms with E-state index in [1.807, 2.05) is 0 Å². The Labute approximate surface area is 95.1 Å². The van der Waals surface area contributed by atoms with Gasteiger partial charge in [0.2, 0.25) is 0 Å². The Hall–Kier alpha value is -0.0331. The van der Waals surface area contributed by atoms with Crippen LogP contribution in [-0.4, -0.2) is 26.8 Å². The van der Waals surface area contributed by atoms with Crippen molar-refractivity contribution in [3.05, 3.63) is 12.2 Å². The summed E-state index contributed by atoms with van der Waals surface area (Å²) in [6, 6.07) is 0. The number of rotatable bonds is 7. The summed E-state index contributed by atoms with van der Waals surface area (Å²) in [6.07, 6.45) is 1.53. The molecule has 0 heterocycles. The molecule has 0 amide bonds. The highest BCUT2D eigenvalue weighted by atomic mass is 35.7. The van der Waals surface area contributed by atoms with Crippen molar-refractivity contribution in [2.24, 2.45) is 0 Å². The molecule has 0 saturated carbocycles. The Kier molecular flexibility index (Phi) is 8.27. The van der Waals surface area contributed by atoms with Crippen molar-refractivity contribution in [1.82, 2.24) is 0 Å². The first kappa shape index (κ1) is 14.0. The molecule has 0 fully saturated rings. The van der Waals surface area contributed by atoms with Gasteiger partial charge < -0.3 is 9.16 Å². The smallest absolute Gasteiger partial charge is 0.373 e. The van der Waals surface area contributed by atoms with E-state index in [1.54, 1.807) is 6.92 Å². The van der Waals surface area contributed by atoms with Crippen LogP contribution in [0.5, 0.6) is 0 Å². The number of halogens is 2. The number of unbranched alkanes of at least 4 members (excludes halogenated alkanes) is 1. The first-order valence-corrected chi connectivity index (χ1v) is 8.22. The van der Waals surface area contributed by atoms with Crippen molar-refractivity contribution >= 4 is 35.8 Å². The van der Waals surface area contributed by atoms with Gasteiger partial charge in [-0.2, -0.15) is 0 Å². The van der Waals surface area contributed by atoms with Crippen LogP contribution < -0.4 is 0 Å². The topological polar surface area (TPSA) is 35.5 Å². The van der Waals surface area contributed by atoms with E-state index in [-0.39, 0.29) is 5.97 Å². The number of ether oxygens (including phenoxy) is 1. The van der Waals surface area contributed by atoms with Gasteiger partial charge in [0.1, 0.15) is 0 Å². The van der Waals surface area contributed by atoms with E-state index in [1.165, 1.54) is 0 Å². The van der Waals surface area contributed by atoms with Crippen LogP contribution in [0, 0.1) is 0 Å². The Balaban J connectivity index is 3.22. The highest BCUT2D eigenvalue weighted by molar-refractivity contribution is 7.30. The SMILES string of the molecule is C=C(C)C(=O)OCCCCO[SiH](Cl)Cl. The van der Waals surface area contributed by atoms with E-state index in [0.717, 1.165) is 12.8 Å². The minimum atomic E-state index is -1.94. The normalized spacial score (nSPS) is 10.3. The van der Waals surface area contributed by atoms with Crippen molar-refractivity contribution in [3.63, 3.8) is 0 Å². The Morgan fingerprint density at radius 1 is 1.36 bits per heavy atom. The molecule has 0 atom stereocenters. The molecule has 0 aromatic heterocycles. The monoisotopic (exact) mass is 256 g/mol. The van der Waals surface area contributed by atoms with Crippen LogP contribution >= 0.6 is 22.2 Å². The lowest BCUT2D eigenvalue weighted by Gasteiger charge is -2.05. The first-order valence-electron chi connectivity index (χ1n) is 4.26. The third-order valence-electron chi connectivity index (χ3n) is 1.36. The van der Waals surface area contributed by atoms with Gasteiger partial charge >= 0.3 is 13.6 Å². The lowest BCUT2D eigenvalue weighted by molar-refractivity contribution is -0.139. The molecule has 6 heteroatoms. The maximum atomic E-state index is 10.9. The zero-order valence-electron chi connectivity index (χ0n) is 8.09. The van der Waals surface area contributed by atoms with Crippen LogP contribution in [0.2, 0.25) is 0 Å². The van der Waals surface area contributed by atoms with Crippen LogP contribution in [0.1, 0.15) is 19.8 Å². The van der Waals surface area contributed by atoms with E-state index in [9.17, 15) is 4.79 Å². The predicted octanol–water partition coefficient (Wildman–Crippen LogP) is 2.10. The largest absolute Gasteiger partial charge is 0.462 e. The van der Waals surface area contributed by atoms with Gasteiger partial charge in [0.25, 0.3) is 0 Å². The minimum absolute atomic E-state index is 0.354. The van der Waals surface area contributed by atoms with E-state index < -0.39 is 7.66 Å². The molecule has 82 valence electrons. The molecule has 0 saturated heterocycles. The van der Waals surface area contributed by atoms with Crippen LogP contribution in [0.4, 0.5) is 0 Å². The fraction of sp³-hybridized carbons (Fsp3) is 0.625. The van der Waals surface area contributed by atoms with Gasteiger partial charge in [-0.3, -0.25) is 0 Å². The van der Waals surface area contributed by atoms with Gasteiger partial charge in [-0.05, 0) is 19.8 Å². The third-order valence-corrected chi connectivity index (χ3v) is 2.61. The Morgan fingerprint density at radius 3 is 2.43 bits per heavy atom. The van der Waals surface area contributed by atoms with Crippen LogP contribution in [-0.2, 0) is 14.0 Å². The van der Waals surface area contributed by atoms with Gasteiger partial charge in [0.05, 0.1) is 6.61 Å². The average Bonchev–Trinajstić information content (AvgIpc) is 2.09. The molecule has 0 bridgehead atoms. The highest BCUT2D eigenvalue weighted by Crippen LogP contribution is 2.01. The number of esters is 1. The summed E-state index contributed by atoms with van der Waals surface area (Å²) in [5.74, 6) is -0.354. The van der Waals surface area contributed by atoms with Crippen molar-refractivity contribution in [2.45, 2.75) is 19.8 Å². The van der Waals surface area contributed by atoms with Gasteiger partial charge in [-0.25, -0.2) is 4.79 Å². The summed E-state index contributed by atoms with van der Waals surface area (Å²) >= 11 is 10.9. The van der Waals surface area contributed by atoms with Crippen LogP contribution in [0.15, 0.2) is 12.2 Å². The fourth-order valence-electron chi connectivity index (χ4n) is 0.665. The lowest BCUT2D eigenvalue weighted by Crippen LogP contribution is -2.08. The highest BCUT2D eigenvalue weighted by Gasteiger charge is 2.03. The maximum Gasteiger partial charge on any atom is 0.373 e. The minimum Gasteiger partial charge on any atom is -0.462 e. The van der Waals surface area contributed by atoms with Gasteiger partial charge in [0, 0.05) is 12.2 Å². The standard InChI is InChI=1S/C8H14Cl2O3Si/c1-7(2)8(11)12-5-3-4-6-13-14(9)10/h14H,1,3-6H2,2H3. The first-order chi connectivity index (χ1) is 6.54. The Bertz CT molecular complexity index is 197. The van der Waals surface area contributed by atoms with E-state index in [0.29, 0.717) is 18.8 Å². The second-order valence-electron chi connectivity index (χ2n) is 2.75. The fourth-order valence-corrected chi connectivity index (χ4v) is 1.54. The Morgan fingerprint density at radius 2 is 1.93 bits per heavy atom. The summed E-state index contributed by atoms with van der Waals surface area (Å²) in [5, 5.41) is 0. The van der Waals surface area contributed by atoms with Crippen molar-refractivity contribution in [2.75, 3.05) is 13.2 Å². The quantitative estimate of drug-likeness (QED) is 0.230. The summed E-state index contributed by atoms with van der Waals surface area (Å²) in [7, 11) is -1.94. The van der Waals surface area contributed by atoms with E-state index in [4.69, 9.17) is 31.3 Å². The molecule has 0 aromatic rings. The zero-order chi connectivity index (χ0) is 11.0. The van der Waals surface area contributed by atoms with Crippen molar-refractivity contribution in [1.29, 1.82) is 0 Å². The second kappa shape index (κ2) is 8.29. The average molecular weight is 257 g/mol. The molecule has 0 spiro atoms. The molecule has 0 unspecified atom stereocenters. The molecule has 0 aliphatic rings. The van der Waals surface area contributed by atoms with E-state index >= 15 is 0 Å². The molecular weight excluding hydrogens is 243 g/mol. The number of hydrogen-bond donors (Lipinski definition) is 0. The summed E-state index contributed by atoms with van der Waals surface area (Å²) in [5.41, 5.74) is 0.412. The number of hydrogen-bond acceptors (Lipinski definition) is 3. The molecule has 0 aliphatic carbocycles. The van der Waals surface area contributed by atoms with Crippen molar-refractivity contribution in [3.8, 4) is 0 Å². The lowest BCUT2D eigenvalue weighted by atomic mass is 10.3. The zero-order valence-corrected chi connectivity index (χ0v) is 10.8. The summed E-state index contributed by atoms with van der Waals surface area (Å²) < 4.78 is 9.87. The van der Waals surface area contributed by atoms with Gasteiger partial charge in [0.15, 0.2) is 0 Å². The molecule has 14 heavy (non-hydrogen) atoms. The van der Waals surface area contributed by atoms with Gasteiger partial charge in [-0.1, -0.05) is 6.58 Å². The predicted molar refractivity (Wildman–Crippen MR) is 59.8 cm³/mol. The second-order valence-corrected chi connectivity index (χ2v) is 6.66. The van der Waals surface area contributed by atoms with Crippen molar-refractivity contribution < 1.29 is 14.0 Å². The molecule has 0 N–H and O–H groups in total. The number of carbonyl (C=O) groups is 1. The summed E-state index contributed by atoms with van der Waals surface area (Å²) in [6.45, 7) is 5.98. The number of carbonyl (C=O) groups excluding carboxylic acids is 1. The van der Waals surface area contributed by atoms with Gasteiger partial charge in [-0.15, -0.1) is 22.2 Å². The third kappa shape index (κ3) is 8.56. The summed E-state index contributed by atoms with van der Waals surface area (Å²) in [4.78, 5) is 10.9. The molecule has 0 rings (SSSR count). The molecule has 0 aliphatic heterocycles. The van der Waals surface area contributed by atoms with E-state index in [2.05, 4.69) is 6.58 Å². The molecular formula is C8H14Cl2O3Si. The molecule has 3 nitrogen and oxygen atoms in total.